The van der Waals surface area contributed by atoms with E-state index < -0.39 is 0 Å². The van der Waals surface area contributed by atoms with Crippen molar-refractivity contribution in [1.82, 2.24) is 0 Å². The van der Waals surface area contributed by atoms with Gasteiger partial charge in [0.25, 0.3) is 0 Å². The molecule has 1 radical (unpaired) electrons. The zero-order valence-corrected chi connectivity index (χ0v) is 13.1. The molecule has 0 atom stereocenters. The van der Waals surface area contributed by atoms with Gasteiger partial charge in [-0.1, -0.05) is 0 Å². The minimum Gasteiger partial charge on any atom is -2.00 e. The van der Waals surface area contributed by atoms with Gasteiger partial charge in [0.05, 0.1) is 0 Å². The summed E-state index contributed by atoms with van der Waals surface area (Å²) in [4.78, 5) is 0. The van der Waals surface area contributed by atoms with Crippen LogP contribution in [0.25, 0.3) is 0 Å². The third kappa shape index (κ3) is 67.8. The molecule has 0 saturated heterocycles. The Labute approximate surface area is 121 Å². The molecule has 0 spiro atoms. The van der Waals surface area contributed by atoms with Gasteiger partial charge in [0, 0.05) is 44.1 Å². The average Bonchev–Trinajstić information content (AvgIpc) is 0. The Kier molecular flexibility index (Phi) is 1570. The van der Waals surface area contributed by atoms with Crippen molar-refractivity contribution in [2.45, 2.75) is 0 Å². The SMILES string of the molecule is [Ac].[O-2].[O-2].[O-2].[O-2].[O-2].[Pr+3].[Si+4]. The van der Waals surface area contributed by atoms with Crippen molar-refractivity contribution in [2.75, 3.05) is 0 Å². The topological polar surface area (TPSA) is 142 Å². The van der Waals surface area contributed by atoms with E-state index >= 15 is 0 Å². The molecule has 0 aliphatic rings. The molecule has 0 aromatic heterocycles. The maximum Gasteiger partial charge on any atom is 4.00 e. The van der Waals surface area contributed by atoms with Gasteiger partial charge < -0.3 is 27.4 Å². The molecule has 0 bridgehead atoms. The molecule has 0 saturated carbocycles. The van der Waals surface area contributed by atoms with Crippen LogP contribution in [0.15, 0.2) is 0 Å². The fraction of sp³-hybridized carbons (Fsp3) is 0. The first-order valence-corrected chi connectivity index (χ1v) is 0. The van der Waals surface area contributed by atoms with E-state index in [0.29, 0.717) is 0 Å². The van der Waals surface area contributed by atoms with Crippen molar-refractivity contribution in [1.29, 1.82) is 0 Å². The molecule has 0 unspecified atom stereocenters. The van der Waals surface area contributed by atoms with E-state index in [2.05, 4.69) is 0 Å². The van der Waals surface area contributed by atoms with Gasteiger partial charge in [-0.25, -0.2) is 0 Å². The quantitative estimate of drug-likeness (QED) is 0.397. The molecule has 8 heteroatoms. The van der Waals surface area contributed by atoms with Crippen LogP contribution < -0.4 is 0 Å². The van der Waals surface area contributed by atoms with E-state index in [1.54, 1.807) is 0 Å². The van der Waals surface area contributed by atoms with Gasteiger partial charge in [-0.15, -0.1) is 0 Å². The summed E-state index contributed by atoms with van der Waals surface area (Å²) in [6.45, 7) is 0. The summed E-state index contributed by atoms with van der Waals surface area (Å²) in [5.74, 6) is 0. The zero-order valence-electron chi connectivity index (χ0n) is 3.70. The first kappa shape index (κ1) is 131. The second-order valence-electron chi connectivity index (χ2n) is 0. The molecule has 0 aromatic rings. The minimum absolute atomic E-state index is 0. The maximum atomic E-state index is 0. The summed E-state index contributed by atoms with van der Waals surface area (Å²) in [5.41, 5.74) is 0. The molecule has 8 heavy (non-hydrogen) atoms. The van der Waals surface area contributed by atoms with Gasteiger partial charge in [0.1, 0.15) is 0 Å². The summed E-state index contributed by atoms with van der Waals surface area (Å²) >= 11 is 0. The van der Waals surface area contributed by atoms with Crippen LogP contribution in [0, 0.1) is 85.4 Å². The Morgan fingerprint density at radius 3 is 0.500 bits per heavy atom. The largest absolute Gasteiger partial charge is 4.00 e. The Balaban J connectivity index is 0. The number of rotatable bonds is 0. The molecule has 0 aromatic carbocycles. The van der Waals surface area contributed by atoms with Crippen LogP contribution in [0.1, 0.15) is 0 Å². The molecule has 5 nitrogen and oxygen atoms in total. The van der Waals surface area contributed by atoms with Crippen molar-refractivity contribution in [3.63, 3.8) is 0 Å². The number of hydrogen-bond acceptors (Lipinski definition) is 0. The van der Waals surface area contributed by atoms with Crippen molar-refractivity contribution in [3.8, 4) is 0 Å². The minimum atomic E-state index is 0. The third-order valence-electron chi connectivity index (χ3n) is 0. The second kappa shape index (κ2) is 96.0. The molecule has 43 valence electrons. The summed E-state index contributed by atoms with van der Waals surface area (Å²) in [7, 11) is 0. The summed E-state index contributed by atoms with van der Waals surface area (Å²) in [5, 5.41) is 0. The standard InChI is InChI=1S/Ac.5O.Pr.Si/q;5*-2;+3;+4. The van der Waals surface area contributed by atoms with Crippen LogP contribution in [0.2, 0.25) is 0 Å². The molecule has 0 aliphatic carbocycles. The van der Waals surface area contributed by atoms with E-state index in [-0.39, 0.29) is 124 Å². The van der Waals surface area contributed by atoms with E-state index in [1.807, 2.05) is 0 Å². The first-order chi connectivity index (χ1) is 0. The van der Waals surface area contributed by atoms with Gasteiger partial charge in [0.2, 0.25) is 0 Å². The maximum absolute atomic E-state index is 0. The van der Waals surface area contributed by atoms with Crippen molar-refractivity contribution < 1.29 is 113 Å². The molecular formula is AcO5PrSi-3. The predicted octanol–water partition coefficient (Wildman–Crippen LogP) is -0.975. The van der Waals surface area contributed by atoms with E-state index in [4.69, 9.17) is 0 Å². The molecule has 0 fully saturated rings. The van der Waals surface area contributed by atoms with Crippen LogP contribution in [0.5, 0.6) is 0 Å². The van der Waals surface area contributed by atoms with Gasteiger partial charge in [0.15, 0.2) is 0 Å². The Morgan fingerprint density at radius 1 is 0.500 bits per heavy atom. The Morgan fingerprint density at radius 2 is 0.500 bits per heavy atom. The van der Waals surface area contributed by atoms with Gasteiger partial charge >= 0.3 is 52.3 Å². The van der Waals surface area contributed by atoms with Gasteiger partial charge in [-0.2, -0.15) is 0 Å². The zero-order chi connectivity index (χ0) is 0. The van der Waals surface area contributed by atoms with E-state index in [9.17, 15) is 0 Å². The Bertz CT molecular complexity index is 12.4. The van der Waals surface area contributed by atoms with Crippen molar-refractivity contribution in [3.05, 3.63) is 0 Å². The van der Waals surface area contributed by atoms with E-state index in [1.165, 1.54) is 0 Å². The molecule has 0 aliphatic heterocycles. The monoisotopic (exact) mass is 476 g/mol. The second-order valence-corrected chi connectivity index (χ2v) is 0. The molecule has 0 heterocycles. The van der Waals surface area contributed by atoms with Crippen LogP contribution >= 0.6 is 0 Å². The van der Waals surface area contributed by atoms with Crippen LogP contribution in [0.3, 0.4) is 0 Å². The van der Waals surface area contributed by atoms with Crippen molar-refractivity contribution >= 4 is 11.0 Å². The molecular weight excluding hydrogens is 476 g/mol. The van der Waals surface area contributed by atoms with Crippen LogP contribution in [-0.2, 0) is 27.4 Å². The third-order valence-corrected chi connectivity index (χ3v) is 0. The number of hydrogen-bond donors (Lipinski definition) is 0. The summed E-state index contributed by atoms with van der Waals surface area (Å²) in [6, 6.07) is 0. The van der Waals surface area contributed by atoms with Gasteiger partial charge in [-0.3, -0.25) is 0 Å². The van der Waals surface area contributed by atoms with Crippen LogP contribution in [0.4, 0.5) is 0 Å². The van der Waals surface area contributed by atoms with Crippen LogP contribution in [-0.4, -0.2) is 11.0 Å². The predicted molar refractivity (Wildman–Crippen MR) is 9.19 cm³/mol. The Hall–Kier alpha value is 2.82. The van der Waals surface area contributed by atoms with Crippen molar-refractivity contribution in [2.24, 2.45) is 0 Å². The van der Waals surface area contributed by atoms with E-state index in [0.717, 1.165) is 0 Å². The molecule has 0 N–H and O–H groups in total. The summed E-state index contributed by atoms with van der Waals surface area (Å²) in [6.07, 6.45) is 0. The summed E-state index contributed by atoms with van der Waals surface area (Å²) < 4.78 is 0. The average molecular weight is 476 g/mol. The molecule has 0 rings (SSSR count). The fourth-order valence-corrected chi connectivity index (χ4v) is 0. The first-order valence-electron chi connectivity index (χ1n) is 0. The normalized spacial score (nSPS) is 0. The fourth-order valence-electron chi connectivity index (χ4n) is 0. The molecule has 0 amide bonds. The smallest absolute Gasteiger partial charge is 2.00 e. The van der Waals surface area contributed by atoms with Gasteiger partial charge in [-0.05, 0) is 0 Å².